The zero-order valence-electron chi connectivity index (χ0n) is 27.2. The number of fused-ring (bicyclic) bond motifs is 3. The fourth-order valence-electron chi connectivity index (χ4n) is 5.64. The van der Waals surface area contributed by atoms with Crippen molar-refractivity contribution in [2.24, 2.45) is 0 Å². The fraction of sp³-hybridized carbons (Fsp3) is 0. The van der Waals surface area contributed by atoms with Crippen molar-refractivity contribution in [1.29, 1.82) is 0 Å². The second-order valence-corrected chi connectivity index (χ2v) is 11.4. The third-order valence-corrected chi connectivity index (χ3v) is 8.13. The zero-order chi connectivity index (χ0) is 33.5. The normalized spacial score (nSPS) is 10.6. The van der Waals surface area contributed by atoms with E-state index in [1.54, 1.807) is 6.20 Å². The van der Waals surface area contributed by atoms with Crippen LogP contribution < -0.4 is 0 Å². The van der Waals surface area contributed by atoms with E-state index in [0.717, 1.165) is 55.6 Å². The van der Waals surface area contributed by atoms with Crippen LogP contribution in [0.4, 0.5) is 0 Å². The van der Waals surface area contributed by atoms with Gasteiger partial charge in [-0.1, -0.05) is 103 Å². The van der Waals surface area contributed by atoms with Gasteiger partial charge in [0.1, 0.15) is 0 Å². The number of pyridine rings is 1. The molecule has 9 rings (SSSR count). The first-order valence-corrected chi connectivity index (χ1v) is 16.2. The smallest absolute Gasteiger partial charge is 0.164 e. The topological polar surface area (TPSA) is 77.3 Å². The predicted molar refractivity (Wildman–Crippen MR) is 200 cm³/mol. The molecule has 3 heterocycles. The van der Waals surface area contributed by atoms with Gasteiger partial charge in [-0.25, -0.2) is 15.0 Å². The molecule has 6 nitrogen and oxygen atoms in total. The molecule has 1 radical (unpaired) electrons. The van der Waals surface area contributed by atoms with E-state index < -0.39 is 0 Å². The van der Waals surface area contributed by atoms with Crippen LogP contribution in [0.25, 0.3) is 78.5 Å². The summed E-state index contributed by atoms with van der Waals surface area (Å²) in [4.78, 5) is 28.0. The largest absolute Gasteiger partial charge is 0.305 e. The van der Waals surface area contributed by atoms with Gasteiger partial charge in [0.15, 0.2) is 17.5 Å². The number of hydrogen-bond donors (Lipinski definition) is 0. The first-order chi connectivity index (χ1) is 24.8. The van der Waals surface area contributed by atoms with Gasteiger partial charge in [0.25, 0.3) is 0 Å². The van der Waals surface area contributed by atoms with Crippen molar-refractivity contribution >= 4 is 21.7 Å². The quantitative estimate of drug-likeness (QED) is 0.127. The van der Waals surface area contributed by atoms with E-state index in [1.165, 1.54) is 5.39 Å². The molecular weight excluding hydrogens is 805 g/mol. The Morgan fingerprint density at radius 1 is 0.412 bits per heavy atom. The van der Waals surface area contributed by atoms with Gasteiger partial charge in [0.05, 0.1) is 11.3 Å². The fourth-order valence-corrected chi connectivity index (χ4v) is 5.64. The summed E-state index contributed by atoms with van der Waals surface area (Å²) in [5.41, 5.74) is 6.45. The Morgan fingerprint density at radius 2 is 0.980 bits per heavy atom. The standard InChI is InChI=1S/C26H17N4.C18H11N2.Ir/c1-4-10-19(11-5-1)23-18-22(16-17-27-23)26-29-24(20-12-6-2-7-13-20)28-25(30-26)21-14-8-3-9-15-21;1-2-7-14(8-3-1)18-19-12-15-11-10-13-6-4-5-9-16(13)17(15)20-18;/h1-10,12-18H;1-7,9-12H;/q2*-1;. The van der Waals surface area contributed by atoms with Crippen molar-refractivity contribution < 1.29 is 20.1 Å². The van der Waals surface area contributed by atoms with Crippen LogP contribution in [-0.4, -0.2) is 29.9 Å². The third-order valence-electron chi connectivity index (χ3n) is 8.13. The van der Waals surface area contributed by atoms with Gasteiger partial charge in [0.2, 0.25) is 0 Å². The van der Waals surface area contributed by atoms with E-state index in [0.29, 0.717) is 17.5 Å². The van der Waals surface area contributed by atoms with Gasteiger partial charge < -0.3 is 4.98 Å². The summed E-state index contributed by atoms with van der Waals surface area (Å²) in [6.45, 7) is 0. The van der Waals surface area contributed by atoms with E-state index in [9.17, 15) is 0 Å². The first-order valence-electron chi connectivity index (χ1n) is 16.2. The molecule has 3 aromatic heterocycles. The van der Waals surface area contributed by atoms with Gasteiger partial charge >= 0.3 is 0 Å². The molecule has 0 aliphatic heterocycles. The van der Waals surface area contributed by atoms with Crippen molar-refractivity contribution in [3.05, 3.63) is 182 Å². The van der Waals surface area contributed by atoms with E-state index in [2.05, 4.69) is 46.4 Å². The number of aromatic nitrogens is 6. The van der Waals surface area contributed by atoms with Crippen LogP contribution in [0.1, 0.15) is 0 Å². The average Bonchev–Trinajstić information content (AvgIpc) is 3.22. The molecule has 0 N–H and O–H groups in total. The summed E-state index contributed by atoms with van der Waals surface area (Å²) >= 11 is 0. The Balaban J connectivity index is 0.000000168. The third kappa shape index (κ3) is 7.50. The number of rotatable bonds is 5. The molecule has 51 heavy (non-hydrogen) atoms. The van der Waals surface area contributed by atoms with Gasteiger partial charge in [-0.2, -0.15) is 0 Å². The number of hydrogen-bond acceptors (Lipinski definition) is 6. The van der Waals surface area contributed by atoms with Gasteiger partial charge in [0, 0.05) is 60.0 Å². The van der Waals surface area contributed by atoms with Crippen molar-refractivity contribution in [3.8, 4) is 56.8 Å². The number of nitrogens with zero attached hydrogens (tertiary/aromatic N) is 6. The molecule has 0 unspecified atom stereocenters. The van der Waals surface area contributed by atoms with Crippen LogP contribution in [0.3, 0.4) is 0 Å². The van der Waals surface area contributed by atoms with E-state index in [4.69, 9.17) is 19.9 Å². The molecule has 0 aliphatic carbocycles. The molecule has 6 aromatic carbocycles. The Morgan fingerprint density at radius 3 is 1.63 bits per heavy atom. The average molecular weight is 833 g/mol. The van der Waals surface area contributed by atoms with Crippen LogP contribution in [0.2, 0.25) is 0 Å². The second-order valence-electron chi connectivity index (χ2n) is 11.4. The molecule has 0 spiro atoms. The Labute approximate surface area is 309 Å². The van der Waals surface area contributed by atoms with E-state index >= 15 is 0 Å². The first kappa shape index (κ1) is 33.2. The molecule has 0 aliphatic rings. The molecule has 0 bridgehead atoms. The van der Waals surface area contributed by atoms with Crippen molar-refractivity contribution in [3.63, 3.8) is 0 Å². The molecule has 0 amide bonds. The van der Waals surface area contributed by atoms with E-state index in [1.807, 2.05) is 140 Å². The minimum absolute atomic E-state index is 0. The summed E-state index contributed by atoms with van der Waals surface area (Å²) in [5, 5.41) is 3.41. The van der Waals surface area contributed by atoms with Crippen molar-refractivity contribution in [2.45, 2.75) is 0 Å². The summed E-state index contributed by atoms with van der Waals surface area (Å²) < 4.78 is 0. The molecule has 0 saturated carbocycles. The van der Waals surface area contributed by atoms with Gasteiger partial charge in [-0.05, 0) is 17.1 Å². The summed E-state index contributed by atoms with van der Waals surface area (Å²) in [5.74, 6) is 2.62. The van der Waals surface area contributed by atoms with Crippen LogP contribution >= 0.6 is 0 Å². The molecule has 0 fully saturated rings. The molecule has 0 atom stereocenters. The summed E-state index contributed by atoms with van der Waals surface area (Å²) in [6, 6.07) is 58.2. The Hall–Kier alpha value is -6.27. The van der Waals surface area contributed by atoms with Crippen LogP contribution in [0, 0.1) is 12.1 Å². The zero-order valence-corrected chi connectivity index (χ0v) is 29.6. The Bertz CT molecular complexity index is 2470. The maximum atomic E-state index is 4.77. The molecule has 9 aromatic rings. The minimum Gasteiger partial charge on any atom is -0.305 e. The van der Waals surface area contributed by atoms with E-state index in [-0.39, 0.29) is 20.1 Å². The Kier molecular flexibility index (Phi) is 10.1. The molecular formula is C44H28IrN6-2. The van der Waals surface area contributed by atoms with Gasteiger partial charge in [-0.3, -0.25) is 9.97 Å². The van der Waals surface area contributed by atoms with Crippen molar-refractivity contribution in [2.75, 3.05) is 0 Å². The molecule has 245 valence electrons. The van der Waals surface area contributed by atoms with Crippen LogP contribution in [0.5, 0.6) is 0 Å². The molecule has 0 saturated heterocycles. The summed E-state index contributed by atoms with van der Waals surface area (Å²) in [7, 11) is 0. The van der Waals surface area contributed by atoms with Crippen LogP contribution in [-0.2, 0) is 20.1 Å². The number of benzene rings is 6. The minimum atomic E-state index is 0. The van der Waals surface area contributed by atoms with Crippen LogP contribution in [0.15, 0.2) is 170 Å². The second kappa shape index (κ2) is 15.5. The van der Waals surface area contributed by atoms with Crippen molar-refractivity contribution in [1.82, 2.24) is 29.9 Å². The monoisotopic (exact) mass is 833 g/mol. The van der Waals surface area contributed by atoms with Gasteiger partial charge in [-0.15, -0.1) is 71.8 Å². The summed E-state index contributed by atoms with van der Waals surface area (Å²) in [6.07, 6.45) is 3.66. The maximum absolute atomic E-state index is 4.77. The molecule has 7 heteroatoms. The maximum Gasteiger partial charge on any atom is 0.164 e. The predicted octanol–water partition coefficient (Wildman–Crippen LogP) is 9.98. The SMILES string of the molecule is [Ir].[c-]1ccccc1-c1cc(-c2nc(-c3ccccc3)nc(-c3ccccc3)n2)ccn1.[c-]1ccccc1-c1ncc2ccc3ccccc3c2n1.